The number of benzene rings is 1. The summed E-state index contributed by atoms with van der Waals surface area (Å²) in [6.07, 6.45) is 2.40. The molecule has 0 bridgehead atoms. The number of carboxylic acid groups (broad SMARTS) is 1. The number of fused-ring (bicyclic) bond motifs is 2. The van der Waals surface area contributed by atoms with E-state index in [1.54, 1.807) is 0 Å². The van der Waals surface area contributed by atoms with Gasteiger partial charge in [-0.2, -0.15) is 0 Å². The minimum absolute atomic E-state index is 0.0548. The van der Waals surface area contributed by atoms with Crippen LogP contribution in [0.2, 0.25) is 0 Å². The maximum absolute atomic E-state index is 11.1. The highest BCUT2D eigenvalue weighted by molar-refractivity contribution is 5.72. The van der Waals surface area contributed by atoms with Crippen molar-refractivity contribution in [3.8, 4) is 22.8 Å². The molecule has 6 nitrogen and oxygen atoms in total. The number of ether oxygens (including phenoxy) is 2. The van der Waals surface area contributed by atoms with Crippen LogP contribution < -0.4 is 9.47 Å². The number of aromatic nitrogens is 2. The van der Waals surface area contributed by atoms with Crippen molar-refractivity contribution in [1.82, 2.24) is 9.38 Å². The summed E-state index contributed by atoms with van der Waals surface area (Å²) in [6, 6.07) is 9.71. The lowest BCUT2D eigenvalue weighted by atomic mass is 10.1. The van der Waals surface area contributed by atoms with Gasteiger partial charge < -0.3 is 19.0 Å². The van der Waals surface area contributed by atoms with E-state index in [1.807, 2.05) is 47.9 Å². The Labute approximate surface area is 144 Å². The van der Waals surface area contributed by atoms with Crippen molar-refractivity contribution in [3.63, 3.8) is 0 Å². The third-order valence-corrected chi connectivity index (χ3v) is 4.27. The number of hydrogen-bond donors (Lipinski definition) is 1. The number of carbonyl (C=O) groups is 1. The fourth-order valence-electron chi connectivity index (χ4n) is 3.08. The lowest BCUT2D eigenvalue weighted by Gasteiger charge is -2.18. The van der Waals surface area contributed by atoms with Gasteiger partial charge in [0.2, 0.25) is 0 Å². The van der Waals surface area contributed by atoms with E-state index < -0.39 is 5.97 Å². The summed E-state index contributed by atoms with van der Waals surface area (Å²) in [5, 5.41) is 9.08. The Hall–Kier alpha value is -3.02. The predicted molar refractivity (Wildman–Crippen MR) is 92.3 cm³/mol. The maximum Gasteiger partial charge on any atom is 0.303 e. The molecule has 0 radical (unpaired) electrons. The third kappa shape index (κ3) is 2.91. The second kappa shape index (κ2) is 6.12. The predicted octanol–water partition coefficient (Wildman–Crippen LogP) is 3.10. The van der Waals surface area contributed by atoms with E-state index in [9.17, 15) is 4.79 Å². The average Bonchev–Trinajstić information content (AvgIpc) is 2.97. The molecule has 3 heterocycles. The van der Waals surface area contributed by atoms with Crippen molar-refractivity contribution in [2.45, 2.75) is 19.8 Å². The van der Waals surface area contributed by atoms with Crippen molar-refractivity contribution >= 4 is 11.6 Å². The first-order chi connectivity index (χ1) is 12.1. The smallest absolute Gasteiger partial charge is 0.303 e. The van der Waals surface area contributed by atoms with Gasteiger partial charge >= 0.3 is 5.97 Å². The van der Waals surface area contributed by atoms with E-state index in [-0.39, 0.29) is 6.42 Å². The first-order valence-corrected chi connectivity index (χ1v) is 8.21. The van der Waals surface area contributed by atoms with Crippen LogP contribution in [0.3, 0.4) is 0 Å². The van der Waals surface area contributed by atoms with Crippen LogP contribution in [0.1, 0.15) is 17.7 Å². The molecule has 4 rings (SSSR count). The minimum atomic E-state index is -0.824. The maximum atomic E-state index is 11.1. The highest BCUT2D eigenvalue weighted by Crippen LogP contribution is 2.35. The van der Waals surface area contributed by atoms with E-state index in [1.165, 1.54) is 0 Å². The van der Waals surface area contributed by atoms with Gasteiger partial charge in [0.15, 0.2) is 11.5 Å². The molecule has 25 heavy (non-hydrogen) atoms. The van der Waals surface area contributed by atoms with Crippen LogP contribution in [0.4, 0.5) is 0 Å². The average molecular weight is 338 g/mol. The van der Waals surface area contributed by atoms with Crippen LogP contribution in [0, 0.1) is 6.92 Å². The molecule has 0 saturated carbocycles. The molecule has 0 aliphatic carbocycles. The molecule has 1 N–H and O–H groups in total. The highest BCUT2D eigenvalue weighted by atomic mass is 16.6. The molecule has 2 aromatic heterocycles. The second-order valence-electron chi connectivity index (χ2n) is 6.09. The van der Waals surface area contributed by atoms with E-state index in [0.29, 0.717) is 25.4 Å². The molecule has 0 fully saturated rings. The van der Waals surface area contributed by atoms with Gasteiger partial charge in [-0.3, -0.25) is 4.79 Å². The molecule has 1 aliphatic heterocycles. The van der Waals surface area contributed by atoms with E-state index in [2.05, 4.69) is 0 Å². The fourth-order valence-corrected chi connectivity index (χ4v) is 3.08. The van der Waals surface area contributed by atoms with E-state index in [4.69, 9.17) is 19.6 Å². The van der Waals surface area contributed by atoms with Gasteiger partial charge in [-0.1, -0.05) is 0 Å². The number of hydrogen-bond acceptors (Lipinski definition) is 4. The first kappa shape index (κ1) is 15.5. The summed E-state index contributed by atoms with van der Waals surface area (Å²) in [6.45, 7) is 3.08. The summed E-state index contributed by atoms with van der Waals surface area (Å²) in [5.74, 6) is 0.595. The topological polar surface area (TPSA) is 73.1 Å². The lowest BCUT2D eigenvalue weighted by Crippen LogP contribution is -2.15. The number of rotatable bonds is 4. The third-order valence-electron chi connectivity index (χ3n) is 4.27. The van der Waals surface area contributed by atoms with E-state index in [0.717, 1.165) is 33.9 Å². The number of aliphatic carboxylic acids is 1. The summed E-state index contributed by atoms with van der Waals surface area (Å²) >= 11 is 0. The Kier molecular flexibility index (Phi) is 3.80. The fraction of sp³-hybridized carbons (Fsp3) is 0.263. The molecule has 0 unspecified atom stereocenters. The minimum Gasteiger partial charge on any atom is -0.486 e. The number of pyridine rings is 1. The number of aryl methyl sites for hydroxylation is 2. The molecule has 128 valence electrons. The van der Waals surface area contributed by atoms with Crippen LogP contribution in [0.25, 0.3) is 16.9 Å². The molecule has 0 spiro atoms. The lowest BCUT2D eigenvalue weighted by molar-refractivity contribution is -0.136. The van der Waals surface area contributed by atoms with Gasteiger partial charge in [-0.15, -0.1) is 0 Å². The van der Waals surface area contributed by atoms with Crippen molar-refractivity contribution in [2.75, 3.05) is 13.2 Å². The standard InChI is InChI=1S/C19H18N2O4/c1-12-6-7-21-14(3-5-18(22)23)19(20-17(21)10-12)13-2-4-15-16(11-13)25-9-8-24-15/h2,4,6-7,10-11H,3,5,8-9H2,1H3,(H,22,23). The van der Waals surface area contributed by atoms with Crippen LogP contribution in [0.5, 0.6) is 11.5 Å². The molecule has 3 aromatic rings. The zero-order valence-electron chi connectivity index (χ0n) is 13.9. The van der Waals surface area contributed by atoms with Crippen LogP contribution in [-0.4, -0.2) is 33.7 Å². The molecule has 0 amide bonds. The molecular weight excluding hydrogens is 320 g/mol. The van der Waals surface area contributed by atoms with Gasteiger partial charge in [0, 0.05) is 18.2 Å². The Balaban J connectivity index is 1.84. The SMILES string of the molecule is Cc1ccn2c(CCC(=O)O)c(-c3ccc4c(c3)OCCO4)nc2c1. The Morgan fingerprint density at radius 1 is 1.20 bits per heavy atom. The van der Waals surface area contributed by atoms with Crippen molar-refractivity contribution in [3.05, 3.63) is 47.8 Å². The van der Waals surface area contributed by atoms with Crippen LogP contribution >= 0.6 is 0 Å². The van der Waals surface area contributed by atoms with E-state index >= 15 is 0 Å². The summed E-state index contributed by atoms with van der Waals surface area (Å²) in [7, 11) is 0. The zero-order chi connectivity index (χ0) is 17.4. The van der Waals surface area contributed by atoms with Crippen molar-refractivity contribution < 1.29 is 19.4 Å². The van der Waals surface area contributed by atoms with Crippen molar-refractivity contribution in [2.24, 2.45) is 0 Å². The second-order valence-corrected chi connectivity index (χ2v) is 6.09. The highest BCUT2D eigenvalue weighted by Gasteiger charge is 2.18. The van der Waals surface area contributed by atoms with Gasteiger partial charge in [0.05, 0.1) is 17.8 Å². The zero-order valence-corrected chi connectivity index (χ0v) is 13.9. The van der Waals surface area contributed by atoms with Gasteiger partial charge in [-0.05, 0) is 42.8 Å². The molecule has 1 aliphatic rings. The van der Waals surface area contributed by atoms with Gasteiger partial charge in [0.1, 0.15) is 18.9 Å². The largest absolute Gasteiger partial charge is 0.486 e. The number of imidazole rings is 1. The molecule has 0 saturated heterocycles. The Morgan fingerprint density at radius 3 is 2.80 bits per heavy atom. The normalized spacial score (nSPS) is 13.2. The number of carboxylic acids is 1. The Bertz CT molecular complexity index is 961. The monoisotopic (exact) mass is 338 g/mol. The van der Waals surface area contributed by atoms with Gasteiger partial charge in [0.25, 0.3) is 0 Å². The first-order valence-electron chi connectivity index (χ1n) is 8.21. The molecule has 6 heteroatoms. The number of nitrogens with zero attached hydrogens (tertiary/aromatic N) is 2. The summed E-state index contributed by atoms with van der Waals surface area (Å²) in [4.78, 5) is 15.8. The van der Waals surface area contributed by atoms with Crippen LogP contribution in [0.15, 0.2) is 36.5 Å². The summed E-state index contributed by atoms with van der Waals surface area (Å²) in [5.41, 5.74) is 4.48. The van der Waals surface area contributed by atoms with Crippen molar-refractivity contribution in [1.29, 1.82) is 0 Å². The summed E-state index contributed by atoms with van der Waals surface area (Å²) < 4.78 is 13.2. The molecular formula is C19H18N2O4. The quantitative estimate of drug-likeness (QED) is 0.791. The van der Waals surface area contributed by atoms with Gasteiger partial charge in [-0.25, -0.2) is 4.98 Å². The molecule has 1 aromatic carbocycles. The molecule has 0 atom stereocenters. The Morgan fingerprint density at radius 2 is 2.00 bits per heavy atom. The van der Waals surface area contributed by atoms with Crippen LogP contribution in [-0.2, 0) is 11.2 Å².